The van der Waals surface area contributed by atoms with E-state index in [-0.39, 0.29) is 0 Å². The lowest BCUT2D eigenvalue weighted by Gasteiger charge is -2.09. The van der Waals surface area contributed by atoms with Crippen LogP contribution in [-0.4, -0.2) is 22.9 Å². The molecule has 1 aromatic heterocycles. The molecule has 0 bridgehead atoms. The molecule has 0 amide bonds. The van der Waals surface area contributed by atoms with E-state index in [1.165, 1.54) is 22.9 Å². The number of hydrogen-bond acceptors (Lipinski definition) is 2. The quantitative estimate of drug-likeness (QED) is 0.830. The van der Waals surface area contributed by atoms with Gasteiger partial charge < -0.3 is 5.32 Å². The molecule has 1 aliphatic rings. The van der Waals surface area contributed by atoms with Crippen molar-refractivity contribution in [3.05, 3.63) is 30.0 Å². The lowest BCUT2D eigenvalue weighted by Crippen LogP contribution is -2.15. The van der Waals surface area contributed by atoms with Crippen LogP contribution >= 0.6 is 0 Å². The number of nitrogens with one attached hydrogen (secondary N) is 1. The highest BCUT2D eigenvalue weighted by atomic mass is 15.3. The molecule has 84 valence electrons. The van der Waals surface area contributed by atoms with Crippen LogP contribution in [0.1, 0.15) is 12.0 Å². The molecule has 1 aliphatic heterocycles. The van der Waals surface area contributed by atoms with Crippen LogP contribution in [0.3, 0.4) is 0 Å². The van der Waals surface area contributed by atoms with E-state index in [0.717, 1.165) is 25.6 Å². The van der Waals surface area contributed by atoms with Crippen molar-refractivity contribution in [1.82, 2.24) is 15.1 Å². The van der Waals surface area contributed by atoms with Crippen LogP contribution in [0.4, 0.5) is 0 Å². The summed E-state index contributed by atoms with van der Waals surface area (Å²) in [5, 5.41) is 9.20. The largest absolute Gasteiger partial charge is 0.316 e. The predicted molar refractivity (Wildman–Crippen MR) is 65.4 cm³/mol. The Morgan fingerprint density at radius 3 is 3.25 bits per heavy atom. The summed E-state index contributed by atoms with van der Waals surface area (Å²) in [6, 6.07) is 6.42. The molecular formula is C13H17N3. The number of hydrogen-bond donors (Lipinski definition) is 1. The van der Waals surface area contributed by atoms with Gasteiger partial charge in [-0.2, -0.15) is 5.10 Å². The fourth-order valence-corrected chi connectivity index (χ4v) is 2.51. The molecular weight excluding hydrogens is 198 g/mol. The van der Waals surface area contributed by atoms with Crippen molar-refractivity contribution in [2.45, 2.75) is 19.9 Å². The van der Waals surface area contributed by atoms with E-state index in [1.807, 2.05) is 6.20 Å². The smallest absolute Gasteiger partial charge is 0.0685 e. The molecule has 0 aliphatic carbocycles. The minimum Gasteiger partial charge on any atom is -0.316 e. The zero-order valence-electron chi connectivity index (χ0n) is 9.61. The SMILES string of the molecule is Cc1cccc2c1cnn2CC1CCNC1. The fraction of sp³-hybridized carbons (Fsp3) is 0.462. The molecule has 2 heterocycles. The van der Waals surface area contributed by atoms with Gasteiger partial charge >= 0.3 is 0 Å². The Bertz CT molecular complexity index is 495. The Morgan fingerprint density at radius 2 is 2.44 bits per heavy atom. The van der Waals surface area contributed by atoms with Crippen molar-refractivity contribution in [3.63, 3.8) is 0 Å². The first-order valence-electron chi connectivity index (χ1n) is 5.96. The normalized spacial score (nSPS) is 20.7. The van der Waals surface area contributed by atoms with Gasteiger partial charge in [-0.15, -0.1) is 0 Å². The molecule has 1 unspecified atom stereocenters. The molecule has 1 atom stereocenters. The number of benzene rings is 1. The minimum atomic E-state index is 0.739. The molecule has 1 fully saturated rings. The number of aryl methyl sites for hydroxylation is 1. The second-order valence-electron chi connectivity index (χ2n) is 4.69. The van der Waals surface area contributed by atoms with Crippen molar-refractivity contribution < 1.29 is 0 Å². The average Bonchev–Trinajstić information content (AvgIpc) is 2.90. The number of rotatable bonds is 2. The van der Waals surface area contributed by atoms with E-state index in [9.17, 15) is 0 Å². The third-order valence-corrected chi connectivity index (χ3v) is 3.50. The molecule has 3 nitrogen and oxygen atoms in total. The highest BCUT2D eigenvalue weighted by Gasteiger charge is 2.16. The van der Waals surface area contributed by atoms with Gasteiger partial charge in [-0.3, -0.25) is 4.68 Å². The molecule has 0 spiro atoms. The molecule has 1 aromatic carbocycles. The predicted octanol–water partition coefficient (Wildman–Crippen LogP) is 1.95. The number of fused-ring (bicyclic) bond motifs is 1. The molecule has 1 saturated heterocycles. The summed E-state index contributed by atoms with van der Waals surface area (Å²) in [4.78, 5) is 0. The third kappa shape index (κ3) is 1.61. The van der Waals surface area contributed by atoms with Crippen molar-refractivity contribution in [2.24, 2.45) is 5.92 Å². The Kier molecular flexibility index (Phi) is 2.40. The summed E-state index contributed by atoms with van der Waals surface area (Å²) < 4.78 is 2.15. The maximum Gasteiger partial charge on any atom is 0.0685 e. The summed E-state index contributed by atoms with van der Waals surface area (Å²) in [5.41, 5.74) is 2.58. The van der Waals surface area contributed by atoms with Crippen molar-refractivity contribution in [3.8, 4) is 0 Å². The Balaban J connectivity index is 1.94. The van der Waals surface area contributed by atoms with Gasteiger partial charge in [0.1, 0.15) is 0 Å². The second-order valence-corrected chi connectivity index (χ2v) is 4.69. The summed E-state index contributed by atoms with van der Waals surface area (Å²) in [6.45, 7) is 5.47. The molecule has 0 saturated carbocycles. The molecule has 16 heavy (non-hydrogen) atoms. The van der Waals surface area contributed by atoms with Crippen molar-refractivity contribution >= 4 is 10.9 Å². The summed E-state index contributed by atoms with van der Waals surface area (Å²) in [7, 11) is 0. The van der Waals surface area contributed by atoms with Gasteiger partial charge in [0.05, 0.1) is 11.7 Å². The van der Waals surface area contributed by atoms with E-state index in [1.54, 1.807) is 0 Å². The van der Waals surface area contributed by atoms with Crippen LogP contribution < -0.4 is 5.32 Å². The maximum atomic E-state index is 4.51. The molecule has 3 heteroatoms. The first kappa shape index (κ1) is 9.85. The van der Waals surface area contributed by atoms with Crippen molar-refractivity contribution in [2.75, 3.05) is 13.1 Å². The Hall–Kier alpha value is -1.35. The van der Waals surface area contributed by atoms with Crippen LogP contribution in [0.15, 0.2) is 24.4 Å². The Morgan fingerprint density at radius 1 is 1.50 bits per heavy atom. The van der Waals surface area contributed by atoms with E-state index >= 15 is 0 Å². The third-order valence-electron chi connectivity index (χ3n) is 3.50. The maximum absolute atomic E-state index is 4.51. The van der Waals surface area contributed by atoms with Crippen LogP contribution in [0.25, 0.3) is 10.9 Å². The van der Waals surface area contributed by atoms with Crippen molar-refractivity contribution in [1.29, 1.82) is 0 Å². The van der Waals surface area contributed by atoms with Crippen LogP contribution in [0.2, 0.25) is 0 Å². The fourth-order valence-electron chi connectivity index (χ4n) is 2.51. The lowest BCUT2D eigenvalue weighted by atomic mass is 10.1. The van der Waals surface area contributed by atoms with Crippen LogP contribution in [-0.2, 0) is 6.54 Å². The van der Waals surface area contributed by atoms with Crippen LogP contribution in [0, 0.1) is 12.8 Å². The molecule has 0 radical (unpaired) electrons. The summed E-state index contributed by atoms with van der Waals surface area (Å²) in [5.74, 6) is 0.739. The van der Waals surface area contributed by atoms with Gasteiger partial charge in [-0.1, -0.05) is 12.1 Å². The highest BCUT2D eigenvalue weighted by Crippen LogP contribution is 2.19. The monoisotopic (exact) mass is 215 g/mol. The van der Waals surface area contributed by atoms with Gasteiger partial charge in [0.25, 0.3) is 0 Å². The topological polar surface area (TPSA) is 29.9 Å². The zero-order chi connectivity index (χ0) is 11.0. The summed E-state index contributed by atoms with van der Waals surface area (Å²) in [6.07, 6.45) is 3.26. The average molecular weight is 215 g/mol. The lowest BCUT2D eigenvalue weighted by molar-refractivity contribution is 0.459. The highest BCUT2D eigenvalue weighted by molar-refractivity contribution is 5.81. The van der Waals surface area contributed by atoms with E-state index in [0.29, 0.717) is 0 Å². The first-order valence-corrected chi connectivity index (χ1v) is 5.96. The van der Waals surface area contributed by atoms with Gasteiger partial charge in [0.15, 0.2) is 0 Å². The molecule has 1 N–H and O–H groups in total. The van der Waals surface area contributed by atoms with Crippen LogP contribution in [0.5, 0.6) is 0 Å². The summed E-state index contributed by atoms with van der Waals surface area (Å²) >= 11 is 0. The van der Waals surface area contributed by atoms with E-state index in [2.05, 4.69) is 40.2 Å². The first-order chi connectivity index (χ1) is 7.84. The zero-order valence-corrected chi connectivity index (χ0v) is 9.61. The number of nitrogens with zero attached hydrogens (tertiary/aromatic N) is 2. The van der Waals surface area contributed by atoms with Gasteiger partial charge in [0, 0.05) is 11.9 Å². The van der Waals surface area contributed by atoms with E-state index < -0.39 is 0 Å². The van der Waals surface area contributed by atoms with Gasteiger partial charge in [-0.05, 0) is 44.0 Å². The molecule has 2 aromatic rings. The second kappa shape index (κ2) is 3.91. The minimum absolute atomic E-state index is 0.739. The standard InChI is InChI=1S/C13H17N3/c1-10-3-2-4-13-12(10)8-15-16(13)9-11-5-6-14-7-11/h2-4,8,11,14H,5-7,9H2,1H3. The van der Waals surface area contributed by atoms with E-state index in [4.69, 9.17) is 0 Å². The van der Waals surface area contributed by atoms with Gasteiger partial charge in [-0.25, -0.2) is 0 Å². The molecule has 3 rings (SSSR count). The Labute approximate surface area is 95.5 Å². The van der Waals surface area contributed by atoms with Gasteiger partial charge in [0.2, 0.25) is 0 Å². The number of aromatic nitrogens is 2.